The predicted octanol–water partition coefficient (Wildman–Crippen LogP) is 1.92. The van der Waals surface area contributed by atoms with Crippen molar-refractivity contribution in [1.29, 1.82) is 5.26 Å². The second-order valence-corrected chi connectivity index (χ2v) is 4.09. The normalized spacial score (nSPS) is 19.4. The molecule has 2 rings (SSSR count). The first-order valence-electron chi connectivity index (χ1n) is 5.68. The van der Waals surface area contributed by atoms with Crippen molar-refractivity contribution in [3.63, 3.8) is 0 Å². The summed E-state index contributed by atoms with van der Waals surface area (Å²) in [7, 11) is 0. The molecular weight excluding hydrogens is 216 g/mol. The number of ether oxygens (including phenoxy) is 1. The molecule has 1 aliphatic heterocycles. The van der Waals surface area contributed by atoms with E-state index in [1.165, 1.54) is 0 Å². The number of hydrogen-bond donors (Lipinski definition) is 1. The average molecular weight is 230 g/mol. The Kier molecular flexibility index (Phi) is 3.73. The van der Waals surface area contributed by atoms with Gasteiger partial charge in [0.1, 0.15) is 0 Å². The minimum atomic E-state index is -0.0561. The highest BCUT2D eigenvalue weighted by molar-refractivity contribution is 5.92. The molecule has 1 atom stereocenters. The third kappa shape index (κ3) is 3.05. The van der Waals surface area contributed by atoms with Gasteiger partial charge in [0.2, 0.25) is 5.91 Å². The van der Waals surface area contributed by atoms with Gasteiger partial charge < -0.3 is 10.1 Å². The van der Waals surface area contributed by atoms with E-state index in [9.17, 15) is 4.79 Å². The number of carbonyl (C=O) groups excluding carboxylic acids is 1. The van der Waals surface area contributed by atoms with E-state index in [1.54, 1.807) is 24.3 Å². The molecule has 88 valence electrons. The maximum atomic E-state index is 11.9. The van der Waals surface area contributed by atoms with E-state index in [0.717, 1.165) is 25.1 Å². The van der Waals surface area contributed by atoms with Crippen LogP contribution < -0.4 is 5.32 Å². The van der Waals surface area contributed by atoms with Crippen LogP contribution in [0.25, 0.3) is 0 Å². The van der Waals surface area contributed by atoms with Crippen molar-refractivity contribution in [1.82, 2.24) is 0 Å². The van der Waals surface area contributed by atoms with E-state index in [-0.39, 0.29) is 11.8 Å². The number of benzene rings is 1. The topological polar surface area (TPSA) is 62.1 Å². The van der Waals surface area contributed by atoms with Crippen LogP contribution in [0.1, 0.15) is 18.4 Å². The molecule has 1 saturated heterocycles. The third-order valence-corrected chi connectivity index (χ3v) is 2.81. The Bertz CT molecular complexity index is 428. The Hall–Kier alpha value is -1.86. The molecule has 0 radical (unpaired) electrons. The highest BCUT2D eigenvalue weighted by atomic mass is 16.5. The zero-order chi connectivity index (χ0) is 12.1. The van der Waals surface area contributed by atoms with Crippen LogP contribution in [0.5, 0.6) is 0 Å². The molecule has 0 aliphatic carbocycles. The molecule has 1 fully saturated rings. The molecule has 0 aromatic heterocycles. The Morgan fingerprint density at radius 2 is 2.18 bits per heavy atom. The van der Waals surface area contributed by atoms with E-state index >= 15 is 0 Å². The molecule has 1 N–H and O–H groups in total. The summed E-state index contributed by atoms with van der Waals surface area (Å²) in [6.07, 6.45) is 1.81. The van der Waals surface area contributed by atoms with Crippen LogP contribution in [0.4, 0.5) is 5.69 Å². The summed E-state index contributed by atoms with van der Waals surface area (Å²) in [5, 5.41) is 11.5. The van der Waals surface area contributed by atoms with Crippen molar-refractivity contribution in [2.75, 3.05) is 18.5 Å². The van der Waals surface area contributed by atoms with Crippen molar-refractivity contribution < 1.29 is 9.53 Å². The molecule has 4 nitrogen and oxygen atoms in total. The summed E-state index contributed by atoms with van der Waals surface area (Å²) < 4.78 is 5.27. The fourth-order valence-electron chi connectivity index (χ4n) is 1.82. The van der Waals surface area contributed by atoms with Crippen molar-refractivity contribution in [3.05, 3.63) is 29.8 Å². The first kappa shape index (κ1) is 11.6. The number of carbonyl (C=O) groups is 1. The molecule has 1 amide bonds. The minimum absolute atomic E-state index is 0.00518. The zero-order valence-electron chi connectivity index (χ0n) is 9.48. The van der Waals surface area contributed by atoms with Crippen LogP contribution in [0.2, 0.25) is 0 Å². The molecule has 1 aromatic rings. The van der Waals surface area contributed by atoms with Gasteiger partial charge in [0.05, 0.1) is 24.2 Å². The molecule has 1 aromatic carbocycles. The van der Waals surface area contributed by atoms with Gasteiger partial charge in [-0.1, -0.05) is 0 Å². The van der Waals surface area contributed by atoms with E-state index in [0.29, 0.717) is 12.2 Å². The molecule has 0 saturated carbocycles. The summed E-state index contributed by atoms with van der Waals surface area (Å²) in [5.41, 5.74) is 1.31. The highest BCUT2D eigenvalue weighted by Crippen LogP contribution is 2.16. The summed E-state index contributed by atoms with van der Waals surface area (Å²) in [5.74, 6) is -0.0613. The van der Waals surface area contributed by atoms with Gasteiger partial charge in [-0.05, 0) is 37.1 Å². The van der Waals surface area contributed by atoms with Crippen LogP contribution in [-0.4, -0.2) is 19.1 Å². The standard InChI is InChI=1S/C13H14N2O2/c14-8-10-3-5-12(6-4-10)15-13(16)11-2-1-7-17-9-11/h3-6,11H,1-2,7,9H2,(H,15,16). The van der Waals surface area contributed by atoms with Gasteiger partial charge in [0.15, 0.2) is 0 Å². The lowest BCUT2D eigenvalue weighted by atomic mass is 10.0. The van der Waals surface area contributed by atoms with E-state index < -0.39 is 0 Å². The Morgan fingerprint density at radius 3 is 2.76 bits per heavy atom. The van der Waals surface area contributed by atoms with Gasteiger partial charge >= 0.3 is 0 Å². The lowest BCUT2D eigenvalue weighted by Crippen LogP contribution is -2.30. The molecule has 4 heteroatoms. The number of nitriles is 1. The average Bonchev–Trinajstić information content (AvgIpc) is 2.40. The summed E-state index contributed by atoms with van der Waals surface area (Å²) in [6, 6.07) is 8.89. The lowest BCUT2D eigenvalue weighted by Gasteiger charge is -2.21. The van der Waals surface area contributed by atoms with Crippen molar-refractivity contribution in [2.45, 2.75) is 12.8 Å². The maximum absolute atomic E-state index is 11.9. The fraction of sp³-hybridized carbons (Fsp3) is 0.385. The van der Waals surface area contributed by atoms with Gasteiger partial charge in [0.25, 0.3) is 0 Å². The monoisotopic (exact) mass is 230 g/mol. The number of amides is 1. The van der Waals surface area contributed by atoms with Crippen molar-refractivity contribution >= 4 is 11.6 Å². The summed E-state index contributed by atoms with van der Waals surface area (Å²) in [4.78, 5) is 11.9. The molecule has 1 unspecified atom stereocenters. The summed E-state index contributed by atoms with van der Waals surface area (Å²) in [6.45, 7) is 1.25. The third-order valence-electron chi connectivity index (χ3n) is 2.81. The van der Waals surface area contributed by atoms with Crippen molar-refractivity contribution in [3.8, 4) is 6.07 Å². The second-order valence-electron chi connectivity index (χ2n) is 4.09. The SMILES string of the molecule is N#Cc1ccc(NC(=O)C2CCCOC2)cc1. The minimum Gasteiger partial charge on any atom is -0.381 e. The molecule has 1 aliphatic rings. The van der Waals surface area contributed by atoms with Gasteiger partial charge in [-0.3, -0.25) is 4.79 Å². The first-order valence-corrected chi connectivity index (χ1v) is 5.68. The Balaban J connectivity index is 1.95. The van der Waals surface area contributed by atoms with Crippen molar-refractivity contribution in [2.24, 2.45) is 5.92 Å². The van der Waals surface area contributed by atoms with E-state index in [4.69, 9.17) is 10.00 Å². The Labute approximate surface area is 100 Å². The van der Waals surface area contributed by atoms with E-state index in [1.807, 2.05) is 6.07 Å². The second kappa shape index (κ2) is 5.46. The molecule has 0 spiro atoms. The molecule has 1 heterocycles. The van der Waals surface area contributed by atoms with Crippen LogP contribution in [0.3, 0.4) is 0 Å². The summed E-state index contributed by atoms with van der Waals surface area (Å²) >= 11 is 0. The molecule has 0 bridgehead atoms. The highest BCUT2D eigenvalue weighted by Gasteiger charge is 2.21. The van der Waals surface area contributed by atoms with E-state index in [2.05, 4.69) is 5.32 Å². The van der Waals surface area contributed by atoms with Crippen LogP contribution >= 0.6 is 0 Å². The zero-order valence-corrected chi connectivity index (χ0v) is 9.48. The first-order chi connectivity index (χ1) is 8.29. The number of anilines is 1. The quantitative estimate of drug-likeness (QED) is 0.844. The largest absolute Gasteiger partial charge is 0.381 e. The van der Waals surface area contributed by atoms with Gasteiger partial charge in [-0.25, -0.2) is 0 Å². The smallest absolute Gasteiger partial charge is 0.229 e. The predicted molar refractivity (Wildman–Crippen MR) is 63.3 cm³/mol. The fourth-order valence-corrected chi connectivity index (χ4v) is 1.82. The number of nitrogens with one attached hydrogen (secondary N) is 1. The lowest BCUT2D eigenvalue weighted by molar-refractivity contribution is -0.123. The van der Waals surface area contributed by atoms with Gasteiger partial charge in [-0.15, -0.1) is 0 Å². The van der Waals surface area contributed by atoms with Gasteiger partial charge in [-0.2, -0.15) is 5.26 Å². The number of nitrogens with zero attached hydrogens (tertiary/aromatic N) is 1. The molecular formula is C13H14N2O2. The van der Waals surface area contributed by atoms with Crippen LogP contribution in [0, 0.1) is 17.2 Å². The number of hydrogen-bond acceptors (Lipinski definition) is 3. The van der Waals surface area contributed by atoms with Crippen LogP contribution in [0.15, 0.2) is 24.3 Å². The number of rotatable bonds is 2. The Morgan fingerprint density at radius 1 is 1.41 bits per heavy atom. The van der Waals surface area contributed by atoms with Gasteiger partial charge in [0, 0.05) is 12.3 Å². The maximum Gasteiger partial charge on any atom is 0.229 e. The molecule has 17 heavy (non-hydrogen) atoms. The van der Waals surface area contributed by atoms with Crippen LogP contribution in [-0.2, 0) is 9.53 Å².